The van der Waals surface area contributed by atoms with Crippen molar-refractivity contribution in [1.29, 1.82) is 0 Å². The molecule has 3 rings (SSSR count). The van der Waals surface area contributed by atoms with Crippen molar-refractivity contribution in [3.63, 3.8) is 0 Å². The molecule has 19 heavy (non-hydrogen) atoms. The maximum absolute atomic E-state index is 13.8. The van der Waals surface area contributed by atoms with E-state index >= 15 is 0 Å². The van der Waals surface area contributed by atoms with Crippen molar-refractivity contribution in [2.75, 3.05) is 11.9 Å². The minimum absolute atomic E-state index is 0.103. The van der Waals surface area contributed by atoms with Crippen LogP contribution < -0.4 is 11.1 Å². The van der Waals surface area contributed by atoms with Gasteiger partial charge in [-0.05, 0) is 49.7 Å². The van der Waals surface area contributed by atoms with Crippen molar-refractivity contribution in [3.05, 3.63) is 30.1 Å². The highest BCUT2D eigenvalue weighted by Gasteiger charge is 2.41. The number of benzene rings is 1. The van der Waals surface area contributed by atoms with Crippen molar-refractivity contribution in [2.24, 2.45) is 17.6 Å². The van der Waals surface area contributed by atoms with Crippen LogP contribution in [-0.2, 0) is 0 Å². The van der Waals surface area contributed by atoms with Crippen LogP contribution in [0.5, 0.6) is 0 Å². The number of hydrogen-bond donors (Lipinski definition) is 2. The third-order valence-electron chi connectivity index (χ3n) is 4.84. The number of nitrogens with two attached hydrogens (primary N) is 1. The van der Waals surface area contributed by atoms with E-state index < -0.39 is 0 Å². The Balaban J connectivity index is 1.76. The standard InChI is InChI=1S/C16H23FN2/c17-14-5-1-2-6-15(14)19-16(11-18)9-3-4-13(10-16)12-7-8-12/h1-2,5-6,12-13,19H,3-4,7-11,18H2. The molecule has 1 aromatic rings. The van der Waals surface area contributed by atoms with Gasteiger partial charge in [0.05, 0.1) is 5.69 Å². The molecule has 2 saturated carbocycles. The fraction of sp³-hybridized carbons (Fsp3) is 0.625. The van der Waals surface area contributed by atoms with Crippen LogP contribution in [0.25, 0.3) is 0 Å². The van der Waals surface area contributed by atoms with Crippen molar-refractivity contribution >= 4 is 5.69 Å². The Morgan fingerprint density at radius 1 is 1.21 bits per heavy atom. The topological polar surface area (TPSA) is 38.0 Å². The lowest BCUT2D eigenvalue weighted by Crippen LogP contribution is -2.49. The molecule has 2 nitrogen and oxygen atoms in total. The third-order valence-corrected chi connectivity index (χ3v) is 4.84. The summed E-state index contributed by atoms with van der Waals surface area (Å²) in [6, 6.07) is 6.92. The summed E-state index contributed by atoms with van der Waals surface area (Å²) in [4.78, 5) is 0. The van der Waals surface area contributed by atoms with Gasteiger partial charge in [-0.1, -0.05) is 25.0 Å². The summed E-state index contributed by atoms with van der Waals surface area (Å²) in [6.45, 7) is 0.588. The summed E-state index contributed by atoms with van der Waals surface area (Å²) >= 11 is 0. The lowest BCUT2D eigenvalue weighted by molar-refractivity contribution is 0.228. The van der Waals surface area contributed by atoms with Crippen molar-refractivity contribution in [1.82, 2.24) is 0 Å². The van der Waals surface area contributed by atoms with Crippen LogP contribution in [-0.4, -0.2) is 12.1 Å². The molecule has 104 valence electrons. The van der Waals surface area contributed by atoms with Crippen molar-refractivity contribution in [2.45, 2.75) is 44.1 Å². The van der Waals surface area contributed by atoms with Crippen LogP contribution in [0.3, 0.4) is 0 Å². The summed E-state index contributed by atoms with van der Waals surface area (Å²) in [6.07, 6.45) is 7.45. The van der Waals surface area contributed by atoms with Crippen LogP contribution in [0.2, 0.25) is 0 Å². The molecule has 0 bridgehead atoms. The quantitative estimate of drug-likeness (QED) is 0.871. The highest BCUT2D eigenvalue weighted by molar-refractivity contribution is 5.47. The molecule has 0 radical (unpaired) electrons. The van der Waals surface area contributed by atoms with E-state index in [1.54, 1.807) is 6.07 Å². The molecule has 1 aromatic carbocycles. The van der Waals surface area contributed by atoms with E-state index in [9.17, 15) is 4.39 Å². The molecule has 2 atom stereocenters. The van der Waals surface area contributed by atoms with E-state index in [0.717, 1.165) is 24.7 Å². The van der Waals surface area contributed by atoms with Gasteiger partial charge < -0.3 is 11.1 Å². The smallest absolute Gasteiger partial charge is 0.146 e. The van der Waals surface area contributed by atoms with Crippen LogP contribution in [0.15, 0.2) is 24.3 Å². The Bertz CT molecular complexity index is 444. The second-order valence-electron chi connectivity index (χ2n) is 6.28. The molecule has 0 aromatic heterocycles. The second-order valence-corrected chi connectivity index (χ2v) is 6.28. The molecule has 0 spiro atoms. The average molecular weight is 262 g/mol. The molecule has 0 heterocycles. The number of para-hydroxylation sites is 1. The SMILES string of the molecule is NCC1(Nc2ccccc2F)CCCC(C2CC2)C1. The van der Waals surface area contributed by atoms with Gasteiger partial charge in [0, 0.05) is 12.1 Å². The van der Waals surface area contributed by atoms with E-state index in [1.807, 2.05) is 12.1 Å². The van der Waals surface area contributed by atoms with Crippen molar-refractivity contribution in [3.8, 4) is 0 Å². The first-order valence-corrected chi connectivity index (χ1v) is 7.45. The lowest BCUT2D eigenvalue weighted by atomic mass is 9.73. The van der Waals surface area contributed by atoms with E-state index in [0.29, 0.717) is 12.2 Å². The maximum Gasteiger partial charge on any atom is 0.146 e. The average Bonchev–Trinajstić information content (AvgIpc) is 3.26. The Morgan fingerprint density at radius 2 is 2.00 bits per heavy atom. The van der Waals surface area contributed by atoms with Crippen LogP contribution in [0.4, 0.5) is 10.1 Å². The fourth-order valence-corrected chi connectivity index (χ4v) is 3.58. The van der Waals surface area contributed by atoms with Gasteiger partial charge in [-0.25, -0.2) is 4.39 Å². The van der Waals surface area contributed by atoms with Gasteiger partial charge in [0.25, 0.3) is 0 Å². The van der Waals surface area contributed by atoms with Crippen LogP contribution in [0.1, 0.15) is 38.5 Å². The fourth-order valence-electron chi connectivity index (χ4n) is 3.58. The lowest BCUT2D eigenvalue weighted by Gasteiger charge is -2.42. The predicted octanol–water partition coefficient (Wildman–Crippen LogP) is 3.54. The number of nitrogens with one attached hydrogen (secondary N) is 1. The highest BCUT2D eigenvalue weighted by atomic mass is 19.1. The normalized spacial score (nSPS) is 31.2. The summed E-state index contributed by atoms with van der Waals surface area (Å²) in [5.41, 5.74) is 6.53. The van der Waals surface area contributed by atoms with Gasteiger partial charge in [0.2, 0.25) is 0 Å². The zero-order chi connectivity index (χ0) is 13.3. The van der Waals surface area contributed by atoms with Crippen LogP contribution >= 0.6 is 0 Å². The molecule has 2 unspecified atom stereocenters. The molecular weight excluding hydrogens is 239 g/mol. The van der Waals surface area contributed by atoms with Gasteiger partial charge in [-0.3, -0.25) is 0 Å². The largest absolute Gasteiger partial charge is 0.376 e. The Hall–Kier alpha value is -1.09. The molecule has 2 aliphatic carbocycles. The van der Waals surface area contributed by atoms with E-state index in [2.05, 4.69) is 5.32 Å². The first kappa shape index (κ1) is 12.9. The summed E-state index contributed by atoms with van der Waals surface area (Å²) in [7, 11) is 0. The van der Waals surface area contributed by atoms with Crippen molar-refractivity contribution < 1.29 is 4.39 Å². The highest BCUT2D eigenvalue weighted by Crippen LogP contribution is 2.47. The van der Waals surface area contributed by atoms with E-state index in [4.69, 9.17) is 5.73 Å². The summed E-state index contributed by atoms with van der Waals surface area (Å²) in [5.74, 6) is 1.52. The van der Waals surface area contributed by atoms with Gasteiger partial charge >= 0.3 is 0 Å². The third kappa shape index (κ3) is 2.76. The number of rotatable bonds is 4. The molecule has 3 heteroatoms. The monoisotopic (exact) mass is 262 g/mol. The zero-order valence-corrected chi connectivity index (χ0v) is 11.4. The van der Waals surface area contributed by atoms with Gasteiger partial charge in [-0.2, -0.15) is 0 Å². The molecule has 0 saturated heterocycles. The number of anilines is 1. The molecule has 0 amide bonds. The Labute approximate surface area is 114 Å². The maximum atomic E-state index is 13.8. The first-order valence-electron chi connectivity index (χ1n) is 7.45. The summed E-state index contributed by atoms with van der Waals surface area (Å²) in [5, 5.41) is 3.42. The molecular formula is C16H23FN2. The van der Waals surface area contributed by atoms with E-state index in [1.165, 1.54) is 31.7 Å². The molecule has 2 fully saturated rings. The van der Waals surface area contributed by atoms with Gasteiger partial charge in [0.15, 0.2) is 0 Å². The minimum Gasteiger partial charge on any atom is -0.376 e. The Morgan fingerprint density at radius 3 is 2.68 bits per heavy atom. The van der Waals surface area contributed by atoms with Gasteiger partial charge in [0.1, 0.15) is 5.82 Å². The Kier molecular flexibility index (Phi) is 3.48. The molecule has 0 aliphatic heterocycles. The second kappa shape index (κ2) is 5.12. The van der Waals surface area contributed by atoms with Gasteiger partial charge in [-0.15, -0.1) is 0 Å². The first-order chi connectivity index (χ1) is 9.22. The van der Waals surface area contributed by atoms with E-state index in [-0.39, 0.29) is 11.4 Å². The number of halogens is 1. The zero-order valence-electron chi connectivity index (χ0n) is 11.4. The molecule has 3 N–H and O–H groups in total. The minimum atomic E-state index is -0.177. The number of hydrogen-bond acceptors (Lipinski definition) is 2. The molecule has 2 aliphatic rings. The summed E-state index contributed by atoms with van der Waals surface area (Å²) < 4.78 is 13.8. The van der Waals surface area contributed by atoms with Crippen LogP contribution in [0, 0.1) is 17.7 Å². The predicted molar refractivity (Wildman–Crippen MR) is 76.5 cm³/mol.